The highest BCUT2D eigenvalue weighted by molar-refractivity contribution is 7.22. The quantitative estimate of drug-likeness (QED) is 0.509. The van der Waals surface area contributed by atoms with E-state index in [-0.39, 0.29) is 0 Å². The third-order valence-corrected chi connectivity index (χ3v) is 1.92. The third kappa shape index (κ3) is 1.51. The number of nitrogens with zero attached hydrogens (tertiary/aromatic N) is 1. The summed E-state index contributed by atoms with van der Waals surface area (Å²) in [5.74, 6) is 0. The van der Waals surface area contributed by atoms with E-state index < -0.39 is 0 Å². The van der Waals surface area contributed by atoms with Crippen LogP contribution in [0, 0.1) is 5.16 Å². The molecule has 8 heavy (non-hydrogen) atoms. The van der Waals surface area contributed by atoms with Gasteiger partial charge < -0.3 is 5.32 Å². The molecule has 0 unspecified atom stereocenters. The van der Waals surface area contributed by atoms with Gasteiger partial charge in [-0.25, -0.2) is 4.67 Å². The topological polar surface area (TPSA) is 39.1 Å². The number of hydrogen-bond donors (Lipinski definition) is 2. The molecule has 0 radical (unpaired) electrons. The van der Waals surface area contributed by atoms with Crippen molar-refractivity contribution < 1.29 is 0 Å². The predicted octanol–water partition coefficient (Wildman–Crippen LogP) is 0.515. The average Bonchev–Trinajstić information content (AvgIpc) is 1.90. The van der Waals surface area contributed by atoms with E-state index in [1.54, 1.807) is 0 Å². The summed E-state index contributed by atoms with van der Waals surface area (Å²) >= 11 is 0. The molecule has 0 aromatic carbocycles. The zero-order valence-electron chi connectivity index (χ0n) is 4.72. The Balaban J connectivity index is 2.22. The molecule has 0 aliphatic carbocycles. The SMILES string of the molecule is N=PN1CCNCC1. The molecule has 1 fully saturated rings. The van der Waals surface area contributed by atoms with Crippen LogP contribution in [0.2, 0.25) is 0 Å². The van der Waals surface area contributed by atoms with Crippen molar-refractivity contribution >= 4 is 8.52 Å². The zero-order valence-corrected chi connectivity index (χ0v) is 5.62. The standard InChI is InChI=1S/C4H10N3P/c5-8-7-3-1-6-2-4-7/h5-6H,1-4H2. The van der Waals surface area contributed by atoms with Crippen molar-refractivity contribution in [1.82, 2.24) is 9.99 Å². The fourth-order valence-electron chi connectivity index (χ4n) is 0.753. The molecule has 2 N–H and O–H groups in total. The van der Waals surface area contributed by atoms with Crippen LogP contribution in [-0.2, 0) is 0 Å². The van der Waals surface area contributed by atoms with Crippen LogP contribution in [0.5, 0.6) is 0 Å². The summed E-state index contributed by atoms with van der Waals surface area (Å²) in [6.07, 6.45) is 0. The van der Waals surface area contributed by atoms with Gasteiger partial charge in [0.2, 0.25) is 0 Å². The van der Waals surface area contributed by atoms with E-state index in [4.69, 9.17) is 5.16 Å². The minimum atomic E-state index is 0.670. The maximum atomic E-state index is 6.97. The lowest BCUT2D eigenvalue weighted by molar-refractivity contribution is 0.392. The molecule has 0 aromatic heterocycles. The van der Waals surface area contributed by atoms with Gasteiger partial charge in [0.1, 0.15) is 0 Å². The van der Waals surface area contributed by atoms with Gasteiger partial charge in [-0.3, -0.25) is 5.16 Å². The van der Waals surface area contributed by atoms with E-state index >= 15 is 0 Å². The van der Waals surface area contributed by atoms with Gasteiger partial charge in [0.25, 0.3) is 0 Å². The Kier molecular flexibility index (Phi) is 2.40. The first-order valence-corrected chi connectivity index (χ1v) is 3.61. The smallest absolute Gasteiger partial charge is 0.0903 e. The first-order valence-electron chi connectivity index (χ1n) is 2.76. The molecule has 3 nitrogen and oxygen atoms in total. The third-order valence-electron chi connectivity index (χ3n) is 1.23. The molecular weight excluding hydrogens is 121 g/mol. The predicted molar refractivity (Wildman–Crippen MR) is 34.1 cm³/mol. The Hall–Kier alpha value is 0.0200. The van der Waals surface area contributed by atoms with Crippen LogP contribution in [0.15, 0.2) is 0 Å². The Morgan fingerprint density at radius 3 is 2.38 bits per heavy atom. The molecule has 1 saturated heterocycles. The van der Waals surface area contributed by atoms with Crippen molar-refractivity contribution in [2.45, 2.75) is 0 Å². The minimum absolute atomic E-state index is 0.670. The lowest BCUT2D eigenvalue weighted by Gasteiger charge is -2.20. The van der Waals surface area contributed by atoms with Crippen molar-refractivity contribution in [2.75, 3.05) is 26.2 Å². The van der Waals surface area contributed by atoms with Gasteiger partial charge >= 0.3 is 0 Å². The van der Waals surface area contributed by atoms with Gasteiger partial charge in [0, 0.05) is 26.2 Å². The van der Waals surface area contributed by atoms with Gasteiger partial charge in [-0.2, -0.15) is 0 Å². The summed E-state index contributed by atoms with van der Waals surface area (Å²) in [6, 6.07) is 0. The van der Waals surface area contributed by atoms with E-state index in [0.29, 0.717) is 8.52 Å². The summed E-state index contributed by atoms with van der Waals surface area (Å²) in [5, 5.41) is 10.2. The van der Waals surface area contributed by atoms with Gasteiger partial charge in [0.05, 0.1) is 8.52 Å². The molecule has 1 heterocycles. The lowest BCUT2D eigenvalue weighted by atomic mass is 10.4. The minimum Gasteiger partial charge on any atom is -0.314 e. The second-order valence-electron chi connectivity index (χ2n) is 1.80. The van der Waals surface area contributed by atoms with Gasteiger partial charge in [-0.05, 0) is 0 Å². The molecule has 0 bridgehead atoms. The van der Waals surface area contributed by atoms with Crippen LogP contribution in [0.3, 0.4) is 0 Å². The summed E-state index contributed by atoms with van der Waals surface area (Å²) < 4.78 is 2.09. The molecule has 0 atom stereocenters. The Morgan fingerprint density at radius 2 is 2.00 bits per heavy atom. The molecule has 1 aliphatic rings. The molecule has 1 aliphatic heterocycles. The highest BCUT2D eigenvalue weighted by Crippen LogP contribution is 2.04. The van der Waals surface area contributed by atoms with E-state index in [2.05, 4.69) is 9.99 Å². The largest absolute Gasteiger partial charge is 0.314 e. The summed E-state index contributed by atoms with van der Waals surface area (Å²) in [4.78, 5) is 0. The molecule has 0 aromatic rings. The highest BCUT2D eigenvalue weighted by atomic mass is 31.1. The summed E-state index contributed by atoms with van der Waals surface area (Å²) in [7, 11) is 0.670. The average molecular weight is 131 g/mol. The van der Waals surface area contributed by atoms with Crippen LogP contribution >= 0.6 is 8.52 Å². The lowest BCUT2D eigenvalue weighted by Crippen LogP contribution is -2.38. The summed E-state index contributed by atoms with van der Waals surface area (Å²) in [5.41, 5.74) is 0. The van der Waals surface area contributed by atoms with Crippen LogP contribution in [0.1, 0.15) is 0 Å². The fourth-order valence-corrected chi connectivity index (χ4v) is 1.15. The molecule has 0 spiro atoms. The van der Waals surface area contributed by atoms with Crippen molar-refractivity contribution in [1.29, 1.82) is 5.16 Å². The number of piperazine rings is 1. The first-order chi connectivity index (χ1) is 3.93. The van der Waals surface area contributed by atoms with Gasteiger partial charge in [-0.1, -0.05) is 0 Å². The van der Waals surface area contributed by atoms with Crippen molar-refractivity contribution in [2.24, 2.45) is 0 Å². The Labute approximate surface area is 50.8 Å². The number of rotatable bonds is 1. The molecule has 4 heteroatoms. The van der Waals surface area contributed by atoms with E-state index in [0.717, 1.165) is 26.2 Å². The maximum Gasteiger partial charge on any atom is 0.0903 e. The second kappa shape index (κ2) is 3.13. The highest BCUT2D eigenvalue weighted by Gasteiger charge is 2.04. The van der Waals surface area contributed by atoms with Crippen molar-refractivity contribution in [3.8, 4) is 0 Å². The normalized spacial score (nSPS) is 24.0. The van der Waals surface area contributed by atoms with E-state index in [9.17, 15) is 0 Å². The van der Waals surface area contributed by atoms with Crippen molar-refractivity contribution in [3.05, 3.63) is 0 Å². The molecule has 46 valence electrons. The van der Waals surface area contributed by atoms with Crippen LogP contribution in [0.4, 0.5) is 0 Å². The van der Waals surface area contributed by atoms with E-state index in [1.165, 1.54) is 0 Å². The first kappa shape index (κ1) is 6.14. The van der Waals surface area contributed by atoms with Gasteiger partial charge in [0.15, 0.2) is 0 Å². The van der Waals surface area contributed by atoms with Crippen molar-refractivity contribution in [3.63, 3.8) is 0 Å². The van der Waals surface area contributed by atoms with Gasteiger partial charge in [-0.15, -0.1) is 0 Å². The maximum absolute atomic E-state index is 6.97. The second-order valence-corrected chi connectivity index (χ2v) is 2.57. The number of nitrogens with one attached hydrogen (secondary N) is 2. The number of hydrogen-bond acceptors (Lipinski definition) is 2. The molecule has 1 rings (SSSR count). The summed E-state index contributed by atoms with van der Waals surface area (Å²) in [6.45, 7) is 4.16. The Morgan fingerprint density at radius 1 is 1.38 bits per heavy atom. The van der Waals surface area contributed by atoms with E-state index in [1.807, 2.05) is 0 Å². The Bertz CT molecular complexity index is 79.4. The van der Waals surface area contributed by atoms with Crippen LogP contribution < -0.4 is 5.32 Å². The van der Waals surface area contributed by atoms with Crippen LogP contribution in [-0.4, -0.2) is 30.8 Å². The molecular formula is C4H10N3P. The zero-order chi connectivity index (χ0) is 5.82. The molecule has 0 amide bonds. The molecule has 0 saturated carbocycles. The van der Waals surface area contributed by atoms with Crippen LogP contribution in [0.25, 0.3) is 0 Å². The fraction of sp³-hybridized carbons (Fsp3) is 1.00. The monoisotopic (exact) mass is 131 g/mol.